The van der Waals surface area contributed by atoms with Crippen molar-refractivity contribution in [3.8, 4) is 5.75 Å². The summed E-state index contributed by atoms with van der Waals surface area (Å²) in [7, 11) is 0. The van der Waals surface area contributed by atoms with Crippen LogP contribution in [0.15, 0.2) is 61.3 Å². The van der Waals surface area contributed by atoms with Crippen LogP contribution in [0.1, 0.15) is 18.1 Å². The van der Waals surface area contributed by atoms with Crippen molar-refractivity contribution < 1.29 is 13.9 Å². The van der Waals surface area contributed by atoms with E-state index in [1.807, 2.05) is 37.3 Å². The van der Waals surface area contributed by atoms with Gasteiger partial charge >= 0.3 is 5.63 Å². The van der Waals surface area contributed by atoms with Crippen molar-refractivity contribution in [1.29, 1.82) is 0 Å². The lowest BCUT2D eigenvalue weighted by atomic mass is 10.1. The van der Waals surface area contributed by atoms with Gasteiger partial charge in [0.1, 0.15) is 16.8 Å². The molecule has 5 nitrogen and oxygen atoms in total. The van der Waals surface area contributed by atoms with Crippen molar-refractivity contribution in [3.63, 3.8) is 0 Å². The van der Waals surface area contributed by atoms with E-state index in [4.69, 9.17) is 8.83 Å². The molecule has 0 fully saturated rings. The summed E-state index contributed by atoms with van der Waals surface area (Å²) < 4.78 is 10.9. The average molecular weight is 353 g/mol. The van der Waals surface area contributed by atoms with E-state index in [0.717, 1.165) is 27.6 Å². The van der Waals surface area contributed by atoms with Gasteiger partial charge in [0.05, 0.1) is 0 Å². The van der Waals surface area contributed by atoms with E-state index in [0.29, 0.717) is 23.0 Å². The third-order valence-electron chi connectivity index (χ3n) is 4.04. The molecule has 0 saturated carbocycles. The van der Waals surface area contributed by atoms with E-state index >= 15 is 0 Å². The number of phenolic OH excluding ortho intramolecular Hbond substituents is 1. The number of aryl methyl sites for hydroxylation is 1. The van der Waals surface area contributed by atoms with Crippen molar-refractivity contribution in [2.24, 2.45) is 0 Å². The first-order valence-corrected chi connectivity index (χ1v) is 8.89. The number of fused-ring (bicyclic) bond motifs is 2. The predicted molar refractivity (Wildman–Crippen MR) is 97.1 cm³/mol. The zero-order valence-corrected chi connectivity index (χ0v) is 14.3. The molecule has 25 heavy (non-hydrogen) atoms. The topological polar surface area (TPSA) is 76.5 Å². The van der Waals surface area contributed by atoms with Gasteiger partial charge in [0, 0.05) is 23.3 Å². The van der Waals surface area contributed by atoms with Crippen molar-refractivity contribution in [2.75, 3.05) is 0 Å². The largest absolute Gasteiger partial charge is 0.508 e. The molecule has 0 bridgehead atoms. The molecule has 0 spiro atoms. The molecule has 0 saturated heterocycles. The van der Waals surface area contributed by atoms with Crippen molar-refractivity contribution >= 4 is 33.8 Å². The highest BCUT2D eigenvalue weighted by Gasteiger charge is 2.12. The number of aromatic nitrogens is 1. The molecule has 4 rings (SSSR count). The van der Waals surface area contributed by atoms with Crippen LogP contribution in [0, 0.1) is 0 Å². The molecule has 0 aliphatic carbocycles. The first-order chi connectivity index (χ1) is 12.1. The Kier molecular flexibility index (Phi) is 3.97. The number of para-hydroxylation sites is 2. The Hall–Kier alpha value is -2.73. The standard InChI is InChI=1S/C19H15NO4S/c1-2-11-7-13-12(8-18(22)23-17(13)9-15(11)21)10-25-19-20-14-5-3-4-6-16(14)24-19/h3-9,21H,2,10H2,1H3. The highest BCUT2D eigenvalue weighted by atomic mass is 32.2. The van der Waals surface area contributed by atoms with Gasteiger partial charge in [-0.25, -0.2) is 9.78 Å². The van der Waals surface area contributed by atoms with Crippen molar-refractivity contribution in [2.45, 2.75) is 24.3 Å². The maximum Gasteiger partial charge on any atom is 0.336 e. The van der Waals surface area contributed by atoms with E-state index < -0.39 is 5.63 Å². The molecule has 4 aromatic rings. The fourth-order valence-electron chi connectivity index (χ4n) is 2.76. The van der Waals surface area contributed by atoms with Gasteiger partial charge in [0.15, 0.2) is 5.58 Å². The van der Waals surface area contributed by atoms with Gasteiger partial charge in [-0.1, -0.05) is 30.8 Å². The monoisotopic (exact) mass is 353 g/mol. The van der Waals surface area contributed by atoms with Crippen LogP contribution in [0.25, 0.3) is 22.1 Å². The molecule has 2 aromatic heterocycles. The molecule has 6 heteroatoms. The van der Waals surface area contributed by atoms with Gasteiger partial charge < -0.3 is 13.9 Å². The van der Waals surface area contributed by atoms with Gasteiger partial charge in [0.25, 0.3) is 5.22 Å². The highest BCUT2D eigenvalue weighted by molar-refractivity contribution is 7.98. The predicted octanol–water partition coefficient (Wildman–Crippen LogP) is 4.49. The van der Waals surface area contributed by atoms with Gasteiger partial charge in [-0.3, -0.25) is 0 Å². The van der Waals surface area contributed by atoms with E-state index in [-0.39, 0.29) is 5.75 Å². The van der Waals surface area contributed by atoms with Crippen LogP contribution in [-0.2, 0) is 12.2 Å². The molecular weight excluding hydrogens is 338 g/mol. The molecule has 0 radical (unpaired) electrons. The molecule has 1 N–H and O–H groups in total. The summed E-state index contributed by atoms with van der Waals surface area (Å²) in [5, 5.41) is 11.4. The van der Waals surface area contributed by atoms with Gasteiger partial charge in [-0.05, 0) is 35.7 Å². The Morgan fingerprint density at radius 2 is 1.92 bits per heavy atom. The number of rotatable bonds is 4. The van der Waals surface area contributed by atoms with Crippen LogP contribution >= 0.6 is 11.8 Å². The van der Waals surface area contributed by atoms with Crippen molar-refractivity contribution in [3.05, 3.63) is 64.0 Å². The highest BCUT2D eigenvalue weighted by Crippen LogP contribution is 2.31. The Balaban J connectivity index is 1.71. The molecule has 0 unspecified atom stereocenters. The Labute approximate surface area is 147 Å². The minimum atomic E-state index is -0.440. The lowest BCUT2D eigenvalue weighted by Crippen LogP contribution is -2.00. The number of hydrogen-bond donors (Lipinski definition) is 1. The first-order valence-electron chi connectivity index (χ1n) is 7.91. The summed E-state index contributed by atoms with van der Waals surface area (Å²) in [5.41, 5.74) is 3.13. The Morgan fingerprint density at radius 3 is 2.72 bits per heavy atom. The number of phenols is 1. The van der Waals surface area contributed by atoms with E-state index in [1.165, 1.54) is 23.9 Å². The number of aromatic hydroxyl groups is 1. The van der Waals surface area contributed by atoms with Gasteiger partial charge in [0.2, 0.25) is 0 Å². The quantitative estimate of drug-likeness (QED) is 0.430. The Morgan fingerprint density at radius 1 is 1.08 bits per heavy atom. The Bertz CT molecular complexity index is 1100. The van der Waals surface area contributed by atoms with Crippen molar-refractivity contribution in [1.82, 2.24) is 4.98 Å². The van der Waals surface area contributed by atoms with Crippen LogP contribution in [0.5, 0.6) is 5.75 Å². The average Bonchev–Trinajstić information content (AvgIpc) is 3.02. The molecular formula is C19H15NO4S. The van der Waals surface area contributed by atoms with Crippen LogP contribution in [0.3, 0.4) is 0 Å². The smallest absolute Gasteiger partial charge is 0.336 e. The third kappa shape index (κ3) is 3.00. The fourth-order valence-corrected chi connectivity index (χ4v) is 3.59. The van der Waals surface area contributed by atoms with E-state index in [1.54, 1.807) is 0 Å². The first kappa shape index (κ1) is 15.8. The number of nitrogens with zero attached hydrogens (tertiary/aromatic N) is 1. The number of hydrogen-bond acceptors (Lipinski definition) is 6. The molecule has 0 aliphatic rings. The zero-order valence-electron chi connectivity index (χ0n) is 13.5. The van der Waals surface area contributed by atoms with Crippen LogP contribution in [-0.4, -0.2) is 10.1 Å². The molecule has 2 aromatic carbocycles. The van der Waals surface area contributed by atoms with Crippen LogP contribution in [0.2, 0.25) is 0 Å². The van der Waals surface area contributed by atoms with E-state index in [9.17, 15) is 9.90 Å². The minimum Gasteiger partial charge on any atom is -0.508 e. The molecule has 126 valence electrons. The second-order valence-corrected chi connectivity index (χ2v) is 6.58. The van der Waals surface area contributed by atoms with Crippen LogP contribution in [0.4, 0.5) is 0 Å². The number of oxazole rings is 1. The lowest BCUT2D eigenvalue weighted by molar-refractivity contribution is 0.466. The van der Waals surface area contributed by atoms with E-state index in [2.05, 4.69) is 4.98 Å². The third-order valence-corrected chi connectivity index (χ3v) is 4.91. The van der Waals surface area contributed by atoms with Gasteiger partial charge in [-0.15, -0.1) is 0 Å². The lowest BCUT2D eigenvalue weighted by Gasteiger charge is -2.07. The summed E-state index contributed by atoms with van der Waals surface area (Å²) in [6, 6.07) is 12.4. The molecule has 2 heterocycles. The maximum atomic E-state index is 11.8. The second-order valence-electron chi connectivity index (χ2n) is 5.66. The SMILES string of the molecule is CCc1cc2c(CSc3nc4ccccc4o3)cc(=O)oc2cc1O. The zero-order chi connectivity index (χ0) is 17.4. The summed E-state index contributed by atoms with van der Waals surface area (Å²) >= 11 is 1.42. The summed E-state index contributed by atoms with van der Waals surface area (Å²) in [4.78, 5) is 16.3. The molecule has 0 atom stereocenters. The fraction of sp³-hybridized carbons (Fsp3) is 0.158. The van der Waals surface area contributed by atoms with Gasteiger partial charge in [-0.2, -0.15) is 0 Å². The minimum absolute atomic E-state index is 0.141. The van der Waals surface area contributed by atoms with Crippen LogP contribution < -0.4 is 5.63 Å². The summed E-state index contributed by atoms with van der Waals surface area (Å²) in [5.74, 6) is 0.657. The summed E-state index contributed by atoms with van der Waals surface area (Å²) in [6.45, 7) is 1.97. The number of thioether (sulfide) groups is 1. The molecule has 0 aliphatic heterocycles. The molecule has 0 amide bonds. The second kappa shape index (κ2) is 6.29. The number of benzene rings is 2. The normalized spacial score (nSPS) is 11.4. The summed E-state index contributed by atoms with van der Waals surface area (Å²) in [6.07, 6.45) is 0.693. The maximum absolute atomic E-state index is 11.8.